The summed E-state index contributed by atoms with van der Waals surface area (Å²) in [5.74, 6) is -1.39. The molecule has 0 bridgehead atoms. The monoisotopic (exact) mass is 594 g/mol. The van der Waals surface area contributed by atoms with E-state index in [2.05, 4.69) is 10.6 Å². The van der Waals surface area contributed by atoms with Crippen LogP contribution in [0.25, 0.3) is 0 Å². The molecule has 2 atom stereocenters. The Balaban J connectivity index is 1.50. The Morgan fingerprint density at radius 1 is 0.951 bits per heavy atom. The van der Waals surface area contributed by atoms with Gasteiger partial charge in [-0.1, -0.05) is 77.8 Å². The minimum Gasteiger partial charge on any atom is -0.342 e. The Bertz CT molecular complexity index is 1450. The maximum Gasteiger partial charge on any atom is 0.247 e. The van der Waals surface area contributed by atoms with E-state index in [-0.39, 0.29) is 50.5 Å². The maximum absolute atomic E-state index is 13.7. The Morgan fingerprint density at radius 3 is 2.34 bits per heavy atom. The van der Waals surface area contributed by atoms with Crippen molar-refractivity contribution >= 4 is 52.4 Å². The van der Waals surface area contributed by atoms with Crippen LogP contribution in [-0.4, -0.2) is 47.0 Å². The molecule has 0 saturated carbocycles. The highest BCUT2D eigenvalue weighted by atomic mass is 35.5. The Hall–Kier alpha value is -3.72. The van der Waals surface area contributed by atoms with Crippen molar-refractivity contribution in [1.29, 1.82) is 0 Å². The molecule has 0 fully saturated rings. The second-order valence-electron chi connectivity index (χ2n) is 9.96. The smallest absolute Gasteiger partial charge is 0.247 e. The summed E-state index contributed by atoms with van der Waals surface area (Å²) >= 11 is 12.3. The lowest BCUT2D eigenvalue weighted by Crippen LogP contribution is -2.56. The molecule has 0 aromatic heterocycles. The van der Waals surface area contributed by atoms with Crippen LogP contribution in [0, 0.1) is 6.92 Å². The molecule has 8 nitrogen and oxygen atoms in total. The summed E-state index contributed by atoms with van der Waals surface area (Å²) in [4.78, 5) is 54.4. The zero-order chi connectivity index (χ0) is 29.5. The van der Waals surface area contributed by atoms with Gasteiger partial charge in [-0.05, 0) is 48.7 Å². The fraction of sp³-hybridized carbons (Fsp3) is 0.290. The van der Waals surface area contributed by atoms with Crippen LogP contribution in [0.3, 0.4) is 0 Å². The van der Waals surface area contributed by atoms with Crippen molar-refractivity contribution in [2.75, 3.05) is 11.9 Å². The molecule has 1 aliphatic heterocycles. The molecule has 214 valence electrons. The van der Waals surface area contributed by atoms with Crippen LogP contribution in [0.4, 0.5) is 5.69 Å². The molecule has 0 radical (unpaired) electrons. The van der Waals surface area contributed by atoms with Crippen LogP contribution in [0.1, 0.15) is 46.3 Å². The highest BCUT2D eigenvalue weighted by Gasteiger charge is 2.36. The van der Waals surface area contributed by atoms with Crippen LogP contribution in [0.2, 0.25) is 10.0 Å². The van der Waals surface area contributed by atoms with Crippen molar-refractivity contribution in [3.63, 3.8) is 0 Å². The van der Waals surface area contributed by atoms with Gasteiger partial charge in [-0.3, -0.25) is 19.2 Å². The van der Waals surface area contributed by atoms with Crippen LogP contribution >= 0.6 is 23.2 Å². The van der Waals surface area contributed by atoms with Gasteiger partial charge in [-0.2, -0.15) is 0 Å². The topological polar surface area (TPSA) is 122 Å². The van der Waals surface area contributed by atoms with Crippen LogP contribution < -0.4 is 16.4 Å². The molecule has 0 aliphatic carbocycles. The molecule has 3 aromatic carbocycles. The predicted molar refractivity (Wildman–Crippen MR) is 160 cm³/mol. The first kappa shape index (κ1) is 30.2. The van der Waals surface area contributed by atoms with Gasteiger partial charge in [0.1, 0.15) is 12.1 Å². The third-order valence-electron chi connectivity index (χ3n) is 7.22. The van der Waals surface area contributed by atoms with E-state index in [1.807, 2.05) is 30.3 Å². The van der Waals surface area contributed by atoms with Crippen LogP contribution in [0.15, 0.2) is 66.7 Å². The number of hydrogen-bond acceptors (Lipinski definition) is 5. The highest BCUT2D eigenvalue weighted by Crippen LogP contribution is 2.31. The summed E-state index contributed by atoms with van der Waals surface area (Å²) in [5.41, 5.74) is 9.25. The molecule has 0 unspecified atom stereocenters. The number of carbonyl (C=O) groups is 4. The molecular weight excluding hydrogens is 563 g/mol. The summed E-state index contributed by atoms with van der Waals surface area (Å²) < 4.78 is 0. The zero-order valence-corrected chi connectivity index (χ0v) is 24.2. The van der Waals surface area contributed by atoms with E-state index in [1.165, 1.54) is 4.90 Å². The lowest BCUT2D eigenvalue weighted by Gasteiger charge is -2.36. The summed E-state index contributed by atoms with van der Waals surface area (Å²) in [6.07, 6.45) is 0.448. The summed E-state index contributed by atoms with van der Waals surface area (Å²) in [6.45, 7) is 2.10. The first-order chi connectivity index (χ1) is 19.7. The van der Waals surface area contributed by atoms with E-state index in [1.54, 1.807) is 43.3 Å². The molecule has 0 saturated heterocycles. The number of hydrogen-bond donors (Lipinski definition) is 3. The largest absolute Gasteiger partial charge is 0.342 e. The van der Waals surface area contributed by atoms with Crippen LogP contribution in [0.5, 0.6) is 0 Å². The number of nitrogens with one attached hydrogen (secondary N) is 2. The summed E-state index contributed by atoms with van der Waals surface area (Å²) in [7, 11) is 0. The van der Waals surface area contributed by atoms with Gasteiger partial charge in [-0.15, -0.1) is 0 Å². The lowest BCUT2D eigenvalue weighted by molar-refractivity contribution is -0.142. The van der Waals surface area contributed by atoms with Gasteiger partial charge < -0.3 is 21.3 Å². The number of benzene rings is 3. The van der Waals surface area contributed by atoms with E-state index in [4.69, 9.17) is 28.9 Å². The third kappa shape index (κ3) is 7.33. The van der Waals surface area contributed by atoms with Gasteiger partial charge in [-0.25, -0.2) is 0 Å². The second-order valence-corrected chi connectivity index (χ2v) is 10.7. The standard InChI is InChI=1S/C31H32Cl2N4O4/c1-19-24(12-11-23(32)29(19)33)35-30(40)25(15-16-34)36-31(41)26-17-21-9-5-6-10-22(21)18-37(26)28(39)14-13-27(38)20-7-3-2-4-8-20/h2-12,25-26H,13-18,34H2,1H3,(H,35,40)(H,36,41)/t25-,26-/m0/s1. The van der Waals surface area contributed by atoms with E-state index < -0.39 is 23.9 Å². The Morgan fingerprint density at radius 2 is 1.63 bits per heavy atom. The van der Waals surface area contributed by atoms with Crippen molar-refractivity contribution in [3.05, 3.63) is 99.0 Å². The van der Waals surface area contributed by atoms with Gasteiger partial charge in [0, 0.05) is 37.1 Å². The van der Waals surface area contributed by atoms with Gasteiger partial charge in [0.15, 0.2) is 5.78 Å². The van der Waals surface area contributed by atoms with Crippen molar-refractivity contribution in [1.82, 2.24) is 10.2 Å². The molecule has 3 amide bonds. The number of amides is 3. The Kier molecular flexibility index (Phi) is 10.2. The minimum absolute atomic E-state index is 0.0243. The molecule has 0 spiro atoms. The van der Waals surface area contributed by atoms with Gasteiger partial charge in [0.05, 0.1) is 10.0 Å². The van der Waals surface area contributed by atoms with Gasteiger partial charge in [0.2, 0.25) is 17.7 Å². The number of rotatable bonds is 10. The summed E-state index contributed by atoms with van der Waals surface area (Å²) in [5, 5.41) is 6.29. The minimum atomic E-state index is -0.949. The molecule has 1 heterocycles. The molecule has 4 rings (SSSR count). The second kappa shape index (κ2) is 13.8. The fourth-order valence-corrected chi connectivity index (χ4v) is 5.23. The normalized spacial score (nSPS) is 15.0. The third-order valence-corrected chi connectivity index (χ3v) is 8.12. The van der Waals surface area contributed by atoms with E-state index >= 15 is 0 Å². The molecule has 4 N–H and O–H groups in total. The number of ketones is 1. The lowest BCUT2D eigenvalue weighted by atomic mass is 9.92. The summed E-state index contributed by atoms with van der Waals surface area (Å²) in [6, 6.07) is 17.8. The quantitative estimate of drug-likeness (QED) is 0.294. The average molecular weight is 596 g/mol. The predicted octanol–water partition coefficient (Wildman–Crippen LogP) is 4.69. The molecule has 41 heavy (non-hydrogen) atoms. The van der Waals surface area contributed by atoms with Gasteiger partial charge >= 0.3 is 0 Å². The molecular formula is C31H32Cl2N4O4. The molecule has 10 heteroatoms. The SMILES string of the molecule is Cc1c(NC(=O)[C@H](CCN)NC(=O)[C@@H]2Cc3ccccc3CN2C(=O)CCC(=O)c2ccccc2)ccc(Cl)c1Cl. The van der Waals surface area contributed by atoms with Crippen molar-refractivity contribution in [2.45, 2.75) is 51.2 Å². The van der Waals surface area contributed by atoms with E-state index in [9.17, 15) is 19.2 Å². The number of nitrogens with zero attached hydrogens (tertiary/aromatic N) is 1. The zero-order valence-electron chi connectivity index (χ0n) is 22.7. The number of fused-ring (bicyclic) bond motifs is 1. The number of nitrogens with two attached hydrogens (primary N) is 1. The van der Waals surface area contributed by atoms with Crippen molar-refractivity contribution in [3.8, 4) is 0 Å². The van der Waals surface area contributed by atoms with Gasteiger partial charge in [0.25, 0.3) is 0 Å². The molecule has 3 aromatic rings. The fourth-order valence-electron chi connectivity index (χ4n) is 4.86. The number of anilines is 1. The average Bonchev–Trinajstić information content (AvgIpc) is 2.99. The van der Waals surface area contributed by atoms with Crippen molar-refractivity contribution in [2.24, 2.45) is 5.73 Å². The van der Waals surface area contributed by atoms with Crippen molar-refractivity contribution < 1.29 is 19.2 Å². The van der Waals surface area contributed by atoms with E-state index in [0.717, 1.165) is 11.1 Å². The number of carbonyl (C=O) groups excluding carboxylic acids is 4. The highest BCUT2D eigenvalue weighted by molar-refractivity contribution is 6.42. The first-order valence-electron chi connectivity index (χ1n) is 13.4. The molecule has 1 aliphatic rings. The van der Waals surface area contributed by atoms with E-state index in [0.29, 0.717) is 26.9 Å². The first-order valence-corrected chi connectivity index (χ1v) is 14.2. The number of halogens is 2. The number of Topliss-reactive ketones (excluding diaryl/α,β-unsaturated/α-hetero) is 1. The maximum atomic E-state index is 13.7. The Labute approximate surface area is 249 Å². The van der Waals surface area contributed by atoms with Crippen LogP contribution in [-0.2, 0) is 27.3 Å².